The number of hydrogen-bond donors (Lipinski definition) is 1. The first-order valence-electron chi connectivity index (χ1n) is 8.45. The molecule has 1 aromatic rings. The highest BCUT2D eigenvalue weighted by Gasteiger charge is 2.27. The van der Waals surface area contributed by atoms with Gasteiger partial charge in [-0.2, -0.15) is 0 Å². The maximum Gasteiger partial charge on any atom is 0.410 e. The second-order valence-electron chi connectivity index (χ2n) is 7.11. The minimum Gasteiger partial charge on any atom is -0.444 e. The third kappa shape index (κ3) is 6.53. The van der Waals surface area contributed by atoms with Gasteiger partial charge < -0.3 is 15.0 Å². The smallest absolute Gasteiger partial charge is 0.410 e. The van der Waals surface area contributed by atoms with Crippen molar-refractivity contribution in [2.45, 2.75) is 45.3 Å². The molecule has 25 heavy (non-hydrogen) atoms. The fourth-order valence-corrected chi connectivity index (χ4v) is 2.97. The van der Waals surface area contributed by atoms with Gasteiger partial charge in [-0.3, -0.25) is 4.79 Å². The number of nitrogens with zero attached hydrogens (tertiary/aromatic N) is 1. The van der Waals surface area contributed by atoms with Crippen LogP contribution in [0.2, 0.25) is 0 Å². The van der Waals surface area contributed by atoms with Crippen LogP contribution in [0.5, 0.6) is 0 Å². The Bertz CT molecular complexity index is 644. The molecule has 1 heterocycles. The lowest BCUT2D eigenvalue weighted by atomic mass is 10.1. The van der Waals surface area contributed by atoms with Crippen LogP contribution in [-0.4, -0.2) is 41.6 Å². The summed E-state index contributed by atoms with van der Waals surface area (Å²) in [5.74, 6) is -0.119. The van der Waals surface area contributed by atoms with Crippen molar-refractivity contribution in [3.05, 3.63) is 40.4 Å². The Kier molecular flexibility index (Phi) is 6.64. The fourth-order valence-electron chi connectivity index (χ4n) is 2.56. The molecule has 5 nitrogen and oxygen atoms in total. The molecule has 0 radical (unpaired) electrons. The number of piperidine rings is 1. The van der Waals surface area contributed by atoms with E-state index in [0.29, 0.717) is 13.1 Å². The third-order valence-electron chi connectivity index (χ3n) is 3.81. The van der Waals surface area contributed by atoms with Crippen molar-refractivity contribution in [1.29, 1.82) is 0 Å². The maximum atomic E-state index is 12.1. The molecule has 1 aliphatic rings. The van der Waals surface area contributed by atoms with Gasteiger partial charge in [0.05, 0.1) is 0 Å². The van der Waals surface area contributed by atoms with Gasteiger partial charge in [0.25, 0.3) is 0 Å². The van der Waals surface area contributed by atoms with Crippen LogP contribution in [0.25, 0.3) is 6.08 Å². The lowest BCUT2D eigenvalue weighted by Gasteiger charge is -2.33. The van der Waals surface area contributed by atoms with Crippen molar-refractivity contribution in [2.75, 3.05) is 13.1 Å². The Morgan fingerprint density at radius 1 is 1.24 bits per heavy atom. The highest BCUT2D eigenvalue weighted by Crippen LogP contribution is 2.18. The molecule has 2 amide bonds. The first-order valence-corrected chi connectivity index (χ1v) is 9.25. The van der Waals surface area contributed by atoms with Gasteiger partial charge in [-0.25, -0.2) is 4.79 Å². The van der Waals surface area contributed by atoms with Gasteiger partial charge in [0, 0.05) is 29.7 Å². The van der Waals surface area contributed by atoms with Crippen LogP contribution in [0.4, 0.5) is 4.79 Å². The average Bonchev–Trinajstić information content (AvgIpc) is 2.53. The summed E-state index contributed by atoms with van der Waals surface area (Å²) < 4.78 is 6.33. The topological polar surface area (TPSA) is 58.6 Å². The number of rotatable bonds is 3. The molecule has 0 atom stereocenters. The molecule has 6 heteroatoms. The normalized spacial score (nSPS) is 16.1. The predicted octanol–water partition coefficient (Wildman–Crippen LogP) is 3.98. The summed E-state index contributed by atoms with van der Waals surface area (Å²) in [6.07, 6.45) is 4.50. The molecule has 1 aromatic carbocycles. The Labute approximate surface area is 157 Å². The molecule has 2 rings (SSSR count). The third-order valence-corrected chi connectivity index (χ3v) is 4.53. The van der Waals surface area contributed by atoms with Crippen LogP contribution >= 0.6 is 15.9 Å². The lowest BCUT2D eigenvalue weighted by Crippen LogP contribution is -2.47. The number of nitrogens with one attached hydrogen (secondary N) is 1. The van der Waals surface area contributed by atoms with Crippen LogP contribution in [0, 0.1) is 0 Å². The van der Waals surface area contributed by atoms with E-state index in [1.165, 1.54) is 0 Å². The summed E-state index contributed by atoms with van der Waals surface area (Å²) in [6, 6.07) is 7.81. The van der Waals surface area contributed by atoms with Gasteiger partial charge in [-0.05, 0) is 51.3 Å². The molecule has 0 saturated carbocycles. The number of hydrogen-bond acceptors (Lipinski definition) is 3. The zero-order chi connectivity index (χ0) is 18.4. The second kappa shape index (κ2) is 8.52. The molecule has 0 aromatic heterocycles. The van der Waals surface area contributed by atoms with E-state index in [0.717, 1.165) is 22.9 Å². The number of carbonyl (C=O) groups excluding carboxylic acids is 2. The molecular formula is C19H25BrN2O3. The summed E-state index contributed by atoms with van der Waals surface area (Å²) in [5.41, 5.74) is 0.468. The Hall–Kier alpha value is -1.82. The first kappa shape index (κ1) is 19.5. The zero-order valence-corrected chi connectivity index (χ0v) is 16.5. The van der Waals surface area contributed by atoms with E-state index in [9.17, 15) is 9.59 Å². The summed E-state index contributed by atoms with van der Waals surface area (Å²) in [7, 11) is 0. The number of carbonyl (C=O) groups is 2. The van der Waals surface area contributed by atoms with E-state index in [1.54, 1.807) is 17.1 Å². The second-order valence-corrected chi connectivity index (χ2v) is 7.96. The molecule has 1 aliphatic heterocycles. The van der Waals surface area contributed by atoms with Crippen LogP contribution in [0.3, 0.4) is 0 Å². The summed E-state index contributed by atoms with van der Waals surface area (Å²) >= 11 is 3.45. The largest absolute Gasteiger partial charge is 0.444 e. The van der Waals surface area contributed by atoms with Gasteiger partial charge in [-0.15, -0.1) is 0 Å². The quantitative estimate of drug-likeness (QED) is 0.769. The van der Waals surface area contributed by atoms with Gasteiger partial charge in [-0.1, -0.05) is 34.1 Å². The number of amides is 2. The van der Waals surface area contributed by atoms with Crippen LogP contribution < -0.4 is 5.32 Å². The number of ether oxygens (including phenoxy) is 1. The molecule has 1 N–H and O–H groups in total. The summed E-state index contributed by atoms with van der Waals surface area (Å²) in [6.45, 7) is 6.75. The van der Waals surface area contributed by atoms with Gasteiger partial charge in [0.1, 0.15) is 5.60 Å². The SMILES string of the molecule is CC(C)(C)OC(=O)N1CCC(NC(=O)/C=C\c2ccccc2Br)CC1. The van der Waals surface area contributed by atoms with Gasteiger partial charge in [0.15, 0.2) is 0 Å². The fraction of sp³-hybridized carbons (Fsp3) is 0.474. The van der Waals surface area contributed by atoms with Crippen molar-refractivity contribution in [3.63, 3.8) is 0 Å². The molecular weight excluding hydrogens is 384 g/mol. The highest BCUT2D eigenvalue weighted by molar-refractivity contribution is 9.10. The Balaban J connectivity index is 1.79. The average molecular weight is 409 g/mol. The van der Waals surface area contributed by atoms with E-state index in [4.69, 9.17) is 4.74 Å². The predicted molar refractivity (Wildman–Crippen MR) is 102 cm³/mol. The molecule has 1 fully saturated rings. The van der Waals surface area contributed by atoms with Crippen molar-refractivity contribution in [2.24, 2.45) is 0 Å². The van der Waals surface area contributed by atoms with Crippen LogP contribution in [0.1, 0.15) is 39.2 Å². The zero-order valence-electron chi connectivity index (χ0n) is 14.9. The van der Waals surface area contributed by atoms with Crippen LogP contribution in [-0.2, 0) is 9.53 Å². The molecule has 136 valence electrons. The summed E-state index contributed by atoms with van der Waals surface area (Å²) in [4.78, 5) is 25.8. The standard InChI is InChI=1S/C19H25BrN2O3/c1-19(2,3)25-18(24)22-12-10-15(11-13-22)21-17(23)9-8-14-6-4-5-7-16(14)20/h4-9,15H,10-13H2,1-3H3,(H,21,23)/b9-8-. The molecule has 0 spiro atoms. The van der Waals surface area contributed by atoms with Crippen LogP contribution in [0.15, 0.2) is 34.8 Å². The van der Waals surface area contributed by atoms with E-state index in [-0.39, 0.29) is 18.0 Å². The monoisotopic (exact) mass is 408 g/mol. The molecule has 0 aliphatic carbocycles. The number of halogens is 1. The van der Waals surface area contributed by atoms with E-state index >= 15 is 0 Å². The van der Waals surface area contributed by atoms with Crippen molar-refractivity contribution < 1.29 is 14.3 Å². The minimum absolute atomic E-state index is 0.0788. The lowest BCUT2D eigenvalue weighted by molar-refractivity contribution is -0.117. The molecule has 1 saturated heterocycles. The summed E-state index contributed by atoms with van der Waals surface area (Å²) in [5, 5.41) is 3.00. The van der Waals surface area contributed by atoms with E-state index in [1.807, 2.05) is 45.0 Å². The van der Waals surface area contributed by atoms with Gasteiger partial charge in [0.2, 0.25) is 5.91 Å². The Morgan fingerprint density at radius 2 is 1.88 bits per heavy atom. The van der Waals surface area contributed by atoms with Gasteiger partial charge >= 0.3 is 6.09 Å². The first-order chi connectivity index (χ1) is 11.7. The molecule has 0 bridgehead atoms. The Morgan fingerprint density at radius 3 is 2.48 bits per heavy atom. The van der Waals surface area contributed by atoms with E-state index < -0.39 is 5.60 Å². The maximum absolute atomic E-state index is 12.1. The minimum atomic E-state index is -0.487. The van der Waals surface area contributed by atoms with E-state index in [2.05, 4.69) is 21.2 Å². The van der Waals surface area contributed by atoms with Crippen molar-refractivity contribution in [1.82, 2.24) is 10.2 Å². The molecule has 0 unspecified atom stereocenters. The van der Waals surface area contributed by atoms with Crippen molar-refractivity contribution in [3.8, 4) is 0 Å². The number of benzene rings is 1. The van der Waals surface area contributed by atoms with Crippen molar-refractivity contribution >= 4 is 34.0 Å². The highest BCUT2D eigenvalue weighted by atomic mass is 79.9. The number of likely N-dealkylation sites (tertiary alicyclic amines) is 1.